The molecule has 0 aliphatic carbocycles. The van der Waals surface area contributed by atoms with E-state index in [4.69, 9.17) is 5.11 Å². The summed E-state index contributed by atoms with van der Waals surface area (Å²) >= 11 is 0. The summed E-state index contributed by atoms with van der Waals surface area (Å²) in [6, 6.07) is 0. The average Bonchev–Trinajstić information content (AvgIpc) is 1.80. The van der Waals surface area contributed by atoms with E-state index in [1.54, 1.807) is 0 Å². The Kier molecular flexibility index (Phi) is 13.0. The fourth-order valence-electron chi connectivity index (χ4n) is 0.841. The molecule has 0 saturated carbocycles. The molecule has 0 aromatic rings. The van der Waals surface area contributed by atoms with Gasteiger partial charge in [-0.25, -0.2) is 0 Å². The number of aliphatic hydroxyl groups excluding tert-OH is 1. The second kappa shape index (κ2) is 9.73. The maximum atomic E-state index is 8.43. The molecule has 0 amide bonds. The molecular formula is C8H20MgO. The van der Waals surface area contributed by atoms with Gasteiger partial charge < -0.3 is 7.96 Å². The number of rotatable bonds is 5. The zero-order chi connectivity index (χ0) is 7.11. The second-order valence-corrected chi connectivity index (χ2v) is 2.97. The second-order valence-electron chi connectivity index (χ2n) is 2.97. The van der Waals surface area contributed by atoms with E-state index in [1.165, 1.54) is 19.3 Å². The Balaban J connectivity index is -0.000000107. The fourth-order valence-corrected chi connectivity index (χ4v) is 0.841. The van der Waals surface area contributed by atoms with Crippen molar-refractivity contribution in [2.24, 2.45) is 5.92 Å². The molecule has 0 atom stereocenters. The molecule has 60 valence electrons. The Morgan fingerprint density at radius 2 is 1.80 bits per heavy atom. The Labute approximate surface area is 83.3 Å². The van der Waals surface area contributed by atoms with Crippen molar-refractivity contribution in [2.45, 2.75) is 39.5 Å². The number of hydrogen-bond donors (Lipinski definition) is 1. The summed E-state index contributed by atoms with van der Waals surface area (Å²) in [4.78, 5) is 0. The molecule has 0 aromatic heterocycles. The van der Waals surface area contributed by atoms with Gasteiger partial charge in [0.25, 0.3) is 0 Å². The van der Waals surface area contributed by atoms with Crippen LogP contribution >= 0.6 is 0 Å². The van der Waals surface area contributed by atoms with Crippen LogP contribution in [-0.2, 0) is 0 Å². The third kappa shape index (κ3) is 11.5. The third-order valence-electron chi connectivity index (χ3n) is 1.44. The van der Waals surface area contributed by atoms with Crippen LogP contribution in [0.2, 0.25) is 0 Å². The van der Waals surface area contributed by atoms with Gasteiger partial charge in [0.1, 0.15) is 0 Å². The molecule has 0 saturated heterocycles. The minimum Gasteiger partial charge on any atom is -1.00 e. The van der Waals surface area contributed by atoms with Crippen LogP contribution in [0.1, 0.15) is 42.4 Å². The van der Waals surface area contributed by atoms with Crippen molar-refractivity contribution in [2.75, 3.05) is 6.61 Å². The molecule has 0 aromatic carbocycles. The molecule has 0 radical (unpaired) electrons. The Hall–Kier alpha value is 0.726. The van der Waals surface area contributed by atoms with Crippen LogP contribution in [-0.4, -0.2) is 34.8 Å². The van der Waals surface area contributed by atoms with Gasteiger partial charge in [0, 0.05) is 6.61 Å². The largest absolute Gasteiger partial charge is 2.00 e. The van der Waals surface area contributed by atoms with Crippen LogP contribution in [0.15, 0.2) is 0 Å². The van der Waals surface area contributed by atoms with Gasteiger partial charge in [0.05, 0.1) is 0 Å². The van der Waals surface area contributed by atoms with Crippen LogP contribution in [0.5, 0.6) is 0 Å². The van der Waals surface area contributed by atoms with Gasteiger partial charge in [0.2, 0.25) is 0 Å². The van der Waals surface area contributed by atoms with Crippen LogP contribution < -0.4 is 0 Å². The quantitative estimate of drug-likeness (QED) is 0.477. The van der Waals surface area contributed by atoms with Crippen molar-refractivity contribution in [1.29, 1.82) is 0 Å². The molecule has 10 heavy (non-hydrogen) atoms. The zero-order valence-corrected chi connectivity index (χ0v) is 8.68. The minimum absolute atomic E-state index is 0. The van der Waals surface area contributed by atoms with E-state index in [-0.39, 0.29) is 25.9 Å². The standard InChI is InChI=1S/C8H18O.Mg.2H/c1-8(2)6-4-3-5-7-9;;;/h8-9H,3-7H2,1-2H3;;;/q;+2;2*-1. The van der Waals surface area contributed by atoms with E-state index in [0.717, 1.165) is 12.3 Å². The molecule has 2 heteroatoms. The van der Waals surface area contributed by atoms with E-state index in [2.05, 4.69) is 13.8 Å². The summed E-state index contributed by atoms with van der Waals surface area (Å²) in [6.07, 6.45) is 4.75. The van der Waals surface area contributed by atoms with Gasteiger partial charge in [-0.15, -0.1) is 0 Å². The molecule has 0 unspecified atom stereocenters. The molecular weight excluding hydrogens is 136 g/mol. The smallest absolute Gasteiger partial charge is 1.00 e. The maximum absolute atomic E-state index is 8.43. The monoisotopic (exact) mass is 156 g/mol. The van der Waals surface area contributed by atoms with Crippen molar-refractivity contribution in [3.8, 4) is 0 Å². The first-order chi connectivity index (χ1) is 4.27. The predicted octanol–water partition coefficient (Wildman–Crippen LogP) is 2.04. The van der Waals surface area contributed by atoms with Crippen molar-refractivity contribution >= 4 is 23.1 Å². The Morgan fingerprint density at radius 3 is 2.20 bits per heavy atom. The number of hydrogen-bond acceptors (Lipinski definition) is 1. The van der Waals surface area contributed by atoms with Crippen LogP contribution in [0.25, 0.3) is 0 Å². The molecule has 1 nitrogen and oxygen atoms in total. The van der Waals surface area contributed by atoms with E-state index in [1.807, 2.05) is 0 Å². The molecule has 0 aliphatic heterocycles. The van der Waals surface area contributed by atoms with Crippen molar-refractivity contribution in [3.05, 3.63) is 0 Å². The van der Waals surface area contributed by atoms with Crippen LogP contribution in [0.3, 0.4) is 0 Å². The first-order valence-corrected chi connectivity index (χ1v) is 3.88. The van der Waals surface area contributed by atoms with Crippen LogP contribution in [0.4, 0.5) is 0 Å². The number of unbranched alkanes of at least 4 members (excludes halogenated alkanes) is 2. The minimum atomic E-state index is 0. The molecule has 1 N–H and O–H groups in total. The Morgan fingerprint density at radius 1 is 1.20 bits per heavy atom. The summed E-state index contributed by atoms with van der Waals surface area (Å²) in [5.41, 5.74) is 0. The molecule has 0 bridgehead atoms. The molecule has 0 aliphatic rings. The molecule has 0 spiro atoms. The van der Waals surface area contributed by atoms with Crippen molar-refractivity contribution in [1.82, 2.24) is 0 Å². The van der Waals surface area contributed by atoms with Gasteiger partial charge in [-0.05, 0) is 12.3 Å². The van der Waals surface area contributed by atoms with E-state index in [9.17, 15) is 0 Å². The molecule has 0 fully saturated rings. The van der Waals surface area contributed by atoms with E-state index in [0.29, 0.717) is 6.61 Å². The van der Waals surface area contributed by atoms with Gasteiger partial charge in [0.15, 0.2) is 0 Å². The molecule has 0 heterocycles. The summed E-state index contributed by atoms with van der Waals surface area (Å²) in [6.45, 7) is 4.83. The first kappa shape index (κ1) is 13.3. The topological polar surface area (TPSA) is 20.2 Å². The van der Waals surface area contributed by atoms with E-state index < -0.39 is 0 Å². The van der Waals surface area contributed by atoms with E-state index >= 15 is 0 Å². The SMILES string of the molecule is CC(C)CCCCCO.[H-].[H-].[Mg+2]. The van der Waals surface area contributed by atoms with Gasteiger partial charge in [-0.3, -0.25) is 0 Å². The van der Waals surface area contributed by atoms with Crippen molar-refractivity contribution in [3.63, 3.8) is 0 Å². The van der Waals surface area contributed by atoms with Gasteiger partial charge in [-0.2, -0.15) is 0 Å². The summed E-state index contributed by atoms with van der Waals surface area (Å²) in [5, 5.41) is 8.43. The molecule has 0 rings (SSSR count). The summed E-state index contributed by atoms with van der Waals surface area (Å²) in [5.74, 6) is 0.823. The van der Waals surface area contributed by atoms with Gasteiger partial charge in [-0.1, -0.05) is 33.1 Å². The fraction of sp³-hybridized carbons (Fsp3) is 1.00. The van der Waals surface area contributed by atoms with Gasteiger partial charge >= 0.3 is 23.1 Å². The summed E-state index contributed by atoms with van der Waals surface area (Å²) < 4.78 is 0. The van der Waals surface area contributed by atoms with Crippen molar-refractivity contribution < 1.29 is 7.96 Å². The first-order valence-electron chi connectivity index (χ1n) is 3.88. The third-order valence-corrected chi connectivity index (χ3v) is 1.44. The summed E-state index contributed by atoms with van der Waals surface area (Å²) in [7, 11) is 0. The average molecular weight is 157 g/mol. The predicted molar refractivity (Wildman–Crippen MR) is 48.4 cm³/mol. The number of aliphatic hydroxyl groups is 1. The Bertz CT molecular complexity index is 63.0. The van der Waals surface area contributed by atoms with Crippen LogP contribution in [0, 0.1) is 5.92 Å². The zero-order valence-electron chi connectivity index (χ0n) is 9.27. The maximum Gasteiger partial charge on any atom is 2.00 e. The normalized spacial score (nSPS) is 9.60.